The third-order valence-electron chi connectivity index (χ3n) is 2.19. The van der Waals surface area contributed by atoms with Gasteiger partial charge in [-0.15, -0.1) is 0 Å². The number of halogens is 4. The molecule has 0 aliphatic heterocycles. The van der Waals surface area contributed by atoms with Crippen LogP contribution in [0.25, 0.3) is 0 Å². The van der Waals surface area contributed by atoms with Crippen LogP contribution in [0.1, 0.15) is 12.8 Å². The highest BCUT2D eigenvalue weighted by atomic mass is 35.5. The van der Waals surface area contributed by atoms with Crippen molar-refractivity contribution in [2.24, 2.45) is 0 Å². The molecule has 1 aromatic rings. The minimum atomic E-state index is 0.223. The van der Waals surface area contributed by atoms with Crippen LogP contribution < -0.4 is 4.74 Å². The first kappa shape index (κ1) is 16.9. The molecule has 0 saturated carbocycles. The van der Waals surface area contributed by atoms with Gasteiger partial charge in [0.05, 0.1) is 18.2 Å². The molecule has 0 aliphatic rings. The van der Waals surface area contributed by atoms with Crippen LogP contribution in [0.15, 0.2) is 28.8 Å². The second kappa shape index (κ2) is 9.73. The quantitative estimate of drug-likeness (QED) is 0.581. The molecular formula is C13H14Cl4O2. The van der Waals surface area contributed by atoms with Gasteiger partial charge in [-0.3, -0.25) is 0 Å². The fourth-order valence-electron chi connectivity index (χ4n) is 1.29. The van der Waals surface area contributed by atoms with Crippen molar-refractivity contribution in [1.29, 1.82) is 0 Å². The topological polar surface area (TPSA) is 18.5 Å². The Morgan fingerprint density at radius 3 is 2.53 bits per heavy atom. The third-order valence-corrected chi connectivity index (χ3v) is 3.03. The molecule has 106 valence electrons. The number of hydrogen-bond acceptors (Lipinski definition) is 2. The van der Waals surface area contributed by atoms with Crippen LogP contribution in [-0.4, -0.2) is 19.8 Å². The van der Waals surface area contributed by atoms with Crippen molar-refractivity contribution in [2.75, 3.05) is 19.8 Å². The second-order valence-electron chi connectivity index (χ2n) is 3.70. The third kappa shape index (κ3) is 7.91. The van der Waals surface area contributed by atoms with Gasteiger partial charge < -0.3 is 9.47 Å². The van der Waals surface area contributed by atoms with Gasteiger partial charge in [-0.2, -0.15) is 0 Å². The lowest BCUT2D eigenvalue weighted by Gasteiger charge is -2.08. The van der Waals surface area contributed by atoms with E-state index in [9.17, 15) is 0 Å². The summed E-state index contributed by atoms with van der Waals surface area (Å²) in [6, 6.07) is 5.16. The summed E-state index contributed by atoms with van der Waals surface area (Å²) in [6.45, 7) is 1.64. The minimum Gasteiger partial charge on any atom is -0.492 e. The summed E-state index contributed by atoms with van der Waals surface area (Å²) in [5, 5.41) is 1.11. The van der Waals surface area contributed by atoms with Gasteiger partial charge in [-0.05, 0) is 37.1 Å². The molecule has 0 unspecified atom stereocenters. The van der Waals surface area contributed by atoms with Gasteiger partial charge in [0.2, 0.25) is 0 Å². The molecule has 0 heterocycles. The van der Waals surface area contributed by atoms with Gasteiger partial charge in [0.25, 0.3) is 0 Å². The van der Waals surface area contributed by atoms with Gasteiger partial charge >= 0.3 is 0 Å². The lowest BCUT2D eigenvalue weighted by molar-refractivity contribution is 0.152. The van der Waals surface area contributed by atoms with Crippen LogP contribution in [0.5, 0.6) is 5.75 Å². The fourth-order valence-corrected chi connectivity index (χ4v) is 1.87. The van der Waals surface area contributed by atoms with Crippen LogP contribution in [0.3, 0.4) is 0 Å². The van der Waals surface area contributed by atoms with E-state index in [0.29, 0.717) is 35.6 Å². The van der Waals surface area contributed by atoms with Crippen LogP contribution in [0.4, 0.5) is 0 Å². The van der Waals surface area contributed by atoms with E-state index in [1.54, 1.807) is 24.3 Å². The Kier molecular flexibility index (Phi) is 8.67. The molecule has 0 aliphatic carbocycles. The lowest BCUT2D eigenvalue weighted by atomic mass is 10.3. The van der Waals surface area contributed by atoms with E-state index >= 15 is 0 Å². The Bertz CT molecular complexity index is 417. The van der Waals surface area contributed by atoms with Gasteiger partial charge in [0.1, 0.15) is 10.2 Å². The van der Waals surface area contributed by atoms with Crippen molar-refractivity contribution in [2.45, 2.75) is 12.8 Å². The van der Waals surface area contributed by atoms with E-state index in [2.05, 4.69) is 0 Å². The zero-order valence-corrected chi connectivity index (χ0v) is 13.2. The van der Waals surface area contributed by atoms with Crippen molar-refractivity contribution >= 4 is 46.4 Å². The van der Waals surface area contributed by atoms with Crippen molar-refractivity contribution in [3.05, 3.63) is 38.8 Å². The molecule has 19 heavy (non-hydrogen) atoms. The summed E-state index contributed by atoms with van der Waals surface area (Å²) in [7, 11) is 0. The molecular weight excluding hydrogens is 330 g/mol. The Morgan fingerprint density at radius 1 is 1.11 bits per heavy atom. The first-order valence-corrected chi connectivity index (χ1v) is 7.27. The van der Waals surface area contributed by atoms with E-state index in [0.717, 1.165) is 12.8 Å². The summed E-state index contributed by atoms with van der Waals surface area (Å²) < 4.78 is 11.1. The minimum absolute atomic E-state index is 0.223. The number of benzene rings is 1. The summed E-state index contributed by atoms with van der Waals surface area (Å²) in [5.41, 5.74) is 0. The highest BCUT2D eigenvalue weighted by Crippen LogP contribution is 2.27. The largest absolute Gasteiger partial charge is 0.492 e. The molecule has 0 radical (unpaired) electrons. The molecule has 0 saturated heterocycles. The maximum absolute atomic E-state index is 5.97. The standard InChI is InChI=1S/C13H14Cl4O2/c14-10-3-4-12(11(15)9-10)19-7-2-1-6-18-8-5-13(16)17/h3-5,9H,1-2,6-8H2. The molecule has 6 heteroatoms. The number of unbranched alkanes of at least 4 members (excludes halogenated alkanes) is 1. The van der Waals surface area contributed by atoms with E-state index in [1.165, 1.54) is 0 Å². The van der Waals surface area contributed by atoms with Crippen molar-refractivity contribution in [3.8, 4) is 5.75 Å². The predicted octanol–water partition coefficient (Wildman–Crippen LogP) is 5.49. The van der Waals surface area contributed by atoms with Crippen LogP contribution >= 0.6 is 46.4 Å². The lowest BCUT2D eigenvalue weighted by Crippen LogP contribution is -2.01. The SMILES string of the molecule is ClC(Cl)=CCOCCCCOc1ccc(Cl)cc1Cl. The van der Waals surface area contributed by atoms with Crippen LogP contribution in [-0.2, 0) is 4.74 Å². The van der Waals surface area contributed by atoms with Crippen molar-refractivity contribution in [1.82, 2.24) is 0 Å². The molecule has 0 bridgehead atoms. The molecule has 0 N–H and O–H groups in total. The molecule has 2 nitrogen and oxygen atoms in total. The first-order chi connectivity index (χ1) is 9.09. The van der Waals surface area contributed by atoms with Crippen molar-refractivity contribution < 1.29 is 9.47 Å². The highest BCUT2D eigenvalue weighted by molar-refractivity contribution is 6.55. The zero-order chi connectivity index (χ0) is 14.1. The van der Waals surface area contributed by atoms with Gasteiger partial charge in [-0.1, -0.05) is 46.4 Å². The zero-order valence-electron chi connectivity index (χ0n) is 10.2. The van der Waals surface area contributed by atoms with E-state index in [1.807, 2.05) is 0 Å². The second-order valence-corrected chi connectivity index (χ2v) is 5.55. The van der Waals surface area contributed by atoms with Crippen LogP contribution in [0, 0.1) is 0 Å². The summed E-state index contributed by atoms with van der Waals surface area (Å²) in [4.78, 5) is 0. The summed E-state index contributed by atoms with van der Waals surface area (Å²) >= 11 is 22.6. The smallest absolute Gasteiger partial charge is 0.137 e. The van der Waals surface area contributed by atoms with E-state index in [4.69, 9.17) is 55.9 Å². The Morgan fingerprint density at radius 2 is 1.84 bits per heavy atom. The molecule has 0 atom stereocenters. The molecule has 0 spiro atoms. The first-order valence-electron chi connectivity index (χ1n) is 5.76. The molecule has 0 fully saturated rings. The highest BCUT2D eigenvalue weighted by Gasteiger charge is 2.01. The van der Waals surface area contributed by atoms with Gasteiger partial charge in [0.15, 0.2) is 0 Å². The summed E-state index contributed by atoms with van der Waals surface area (Å²) in [5.74, 6) is 0.642. The molecule has 1 aromatic carbocycles. The van der Waals surface area contributed by atoms with Crippen molar-refractivity contribution in [3.63, 3.8) is 0 Å². The predicted molar refractivity (Wildman–Crippen MR) is 81.8 cm³/mol. The molecule has 0 aromatic heterocycles. The fraction of sp³-hybridized carbons (Fsp3) is 0.385. The average molecular weight is 344 g/mol. The van der Waals surface area contributed by atoms with Crippen LogP contribution in [0.2, 0.25) is 10.0 Å². The Labute approximate surface area is 133 Å². The van der Waals surface area contributed by atoms with Gasteiger partial charge in [0, 0.05) is 11.6 Å². The van der Waals surface area contributed by atoms with Gasteiger partial charge in [-0.25, -0.2) is 0 Å². The van der Waals surface area contributed by atoms with E-state index < -0.39 is 0 Å². The monoisotopic (exact) mass is 342 g/mol. The number of ether oxygens (including phenoxy) is 2. The normalized spacial score (nSPS) is 10.3. The number of rotatable bonds is 8. The average Bonchev–Trinajstić information content (AvgIpc) is 2.34. The molecule has 1 rings (SSSR count). The Balaban J connectivity index is 2.09. The molecule has 0 amide bonds. The maximum Gasteiger partial charge on any atom is 0.137 e. The maximum atomic E-state index is 5.97. The number of hydrogen-bond donors (Lipinski definition) is 0. The summed E-state index contributed by atoms with van der Waals surface area (Å²) in [6.07, 6.45) is 3.36. The Hall–Kier alpha value is -0.120. The van der Waals surface area contributed by atoms with E-state index in [-0.39, 0.29) is 4.49 Å².